The van der Waals surface area contributed by atoms with E-state index >= 15 is 0 Å². The summed E-state index contributed by atoms with van der Waals surface area (Å²) in [5.74, 6) is 1.59. The molecule has 4 heteroatoms. The number of amides is 1. The first-order chi connectivity index (χ1) is 9.75. The second-order valence-corrected chi connectivity index (χ2v) is 6.95. The first-order valence-electron chi connectivity index (χ1n) is 8.47. The van der Waals surface area contributed by atoms with Crippen molar-refractivity contribution >= 4 is 5.91 Å². The Morgan fingerprint density at radius 1 is 1.20 bits per heavy atom. The van der Waals surface area contributed by atoms with Gasteiger partial charge in [0.2, 0.25) is 5.91 Å². The second kappa shape index (κ2) is 6.44. The van der Waals surface area contributed by atoms with Crippen molar-refractivity contribution in [1.29, 1.82) is 0 Å². The van der Waals surface area contributed by atoms with Gasteiger partial charge in [0.25, 0.3) is 0 Å². The van der Waals surface area contributed by atoms with Gasteiger partial charge in [-0.3, -0.25) is 4.79 Å². The van der Waals surface area contributed by atoms with Crippen molar-refractivity contribution in [3.63, 3.8) is 0 Å². The molecule has 3 rings (SSSR count). The molecule has 0 bridgehead atoms. The number of carbonyl (C=O) groups is 1. The normalized spacial score (nSPS) is 33.8. The van der Waals surface area contributed by atoms with Crippen LogP contribution in [0.5, 0.6) is 0 Å². The van der Waals surface area contributed by atoms with Crippen LogP contribution in [0.3, 0.4) is 0 Å². The number of hydrogen-bond acceptors (Lipinski definition) is 3. The maximum atomic E-state index is 12.3. The van der Waals surface area contributed by atoms with E-state index in [9.17, 15) is 4.79 Å². The second-order valence-electron chi connectivity index (χ2n) is 6.95. The van der Waals surface area contributed by atoms with E-state index in [0.29, 0.717) is 5.92 Å². The topological polar surface area (TPSA) is 44.4 Å². The van der Waals surface area contributed by atoms with Gasteiger partial charge in [0, 0.05) is 19.1 Å². The van der Waals surface area contributed by atoms with Gasteiger partial charge in [-0.15, -0.1) is 0 Å². The molecule has 1 saturated heterocycles. The van der Waals surface area contributed by atoms with Crippen LogP contribution in [0.1, 0.15) is 44.9 Å². The molecule has 1 heterocycles. The molecule has 2 aliphatic carbocycles. The highest BCUT2D eigenvalue weighted by molar-refractivity contribution is 5.82. The predicted octanol–water partition coefficient (Wildman–Crippen LogP) is 1.37. The Balaban J connectivity index is 1.38. The average Bonchev–Trinajstić information content (AvgIpc) is 3.15. The molecule has 3 aliphatic rings. The summed E-state index contributed by atoms with van der Waals surface area (Å²) in [5.41, 5.74) is 0. The summed E-state index contributed by atoms with van der Waals surface area (Å²) >= 11 is 0. The number of hydrogen-bond donors (Lipinski definition) is 2. The molecule has 2 saturated carbocycles. The van der Waals surface area contributed by atoms with Crippen LogP contribution >= 0.6 is 0 Å². The van der Waals surface area contributed by atoms with Crippen LogP contribution in [0.4, 0.5) is 0 Å². The van der Waals surface area contributed by atoms with Gasteiger partial charge in [0.05, 0.1) is 6.04 Å². The molecular formula is C16H29N3O. The highest BCUT2D eigenvalue weighted by Gasteiger charge is 2.42. The van der Waals surface area contributed by atoms with Gasteiger partial charge in [0.15, 0.2) is 0 Å². The summed E-state index contributed by atoms with van der Waals surface area (Å²) in [4.78, 5) is 14.7. The Bertz CT molecular complexity index is 341. The van der Waals surface area contributed by atoms with Crippen LogP contribution in [0.15, 0.2) is 0 Å². The highest BCUT2D eigenvalue weighted by atomic mass is 16.2. The van der Waals surface area contributed by atoms with Crippen molar-refractivity contribution in [1.82, 2.24) is 15.5 Å². The standard InChI is InChI=1S/C16H29N3O/c1-19(13-6-2-3-7-13)10-9-17-16(20)15-14-8-4-5-12(14)11-18-15/h12-15,18H,2-11H2,1H3,(H,17,20). The zero-order valence-corrected chi connectivity index (χ0v) is 12.7. The van der Waals surface area contributed by atoms with E-state index in [0.717, 1.165) is 31.6 Å². The Morgan fingerprint density at radius 3 is 2.80 bits per heavy atom. The van der Waals surface area contributed by atoms with Gasteiger partial charge >= 0.3 is 0 Å². The molecule has 0 aromatic rings. The molecule has 3 unspecified atom stereocenters. The smallest absolute Gasteiger partial charge is 0.237 e. The summed E-state index contributed by atoms with van der Waals surface area (Å²) < 4.78 is 0. The SMILES string of the molecule is CN(CCNC(=O)C1NCC2CCCC21)C1CCCC1. The van der Waals surface area contributed by atoms with Crippen LogP contribution in [0, 0.1) is 11.8 Å². The molecule has 0 aromatic carbocycles. The summed E-state index contributed by atoms with van der Waals surface area (Å²) in [5, 5.41) is 6.57. The lowest BCUT2D eigenvalue weighted by Gasteiger charge is -2.24. The van der Waals surface area contributed by atoms with Crippen LogP contribution in [-0.4, -0.2) is 49.6 Å². The first kappa shape index (κ1) is 14.3. The lowest BCUT2D eigenvalue weighted by molar-refractivity contribution is -0.123. The molecule has 0 spiro atoms. The van der Waals surface area contributed by atoms with Crippen molar-refractivity contribution in [2.75, 3.05) is 26.7 Å². The Morgan fingerprint density at radius 2 is 2.00 bits per heavy atom. The van der Waals surface area contributed by atoms with Gasteiger partial charge in [-0.1, -0.05) is 19.3 Å². The van der Waals surface area contributed by atoms with E-state index in [1.165, 1.54) is 44.9 Å². The van der Waals surface area contributed by atoms with E-state index in [-0.39, 0.29) is 11.9 Å². The molecule has 20 heavy (non-hydrogen) atoms. The van der Waals surface area contributed by atoms with Crippen LogP contribution in [0.2, 0.25) is 0 Å². The molecule has 0 aromatic heterocycles. The molecular weight excluding hydrogens is 250 g/mol. The van der Waals surface area contributed by atoms with Gasteiger partial charge < -0.3 is 15.5 Å². The Kier molecular flexibility index (Phi) is 4.61. The highest BCUT2D eigenvalue weighted by Crippen LogP contribution is 2.37. The fourth-order valence-corrected chi connectivity index (χ4v) is 4.47. The van der Waals surface area contributed by atoms with E-state index in [1.54, 1.807) is 0 Å². The minimum Gasteiger partial charge on any atom is -0.353 e. The van der Waals surface area contributed by atoms with Crippen LogP contribution in [0.25, 0.3) is 0 Å². The Hall–Kier alpha value is -0.610. The molecule has 0 radical (unpaired) electrons. The molecule has 1 aliphatic heterocycles. The number of nitrogens with zero attached hydrogens (tertiary/aromatic N) is 1. The van der Waals surface area contributed by atoms with E-state index in [2.05, 4.69) is 22.6 Å². The average molecular weight is 279 g/mol. The number of fused-ring (bicyclic) bond motifs is 1. The summed E-state index contributed by atoms with van der Waals surface area (Å²) in [6, 6.07) is 0.829. The lowest BCUT2D eigenvalue weighted by Crippen LogP contribution is -2.46. The van der Waals surface area contributed by atoms with E-state index in [4.69, 9.17) is 0 Å². The molecule has 114 valence electrons. The van der Waals surface area contributed by atoms with E-state index in [1.807, 2.05) is 0 Å². The van der Waals surface area contributed by atoms with Gasteiger partial charge in [0.1, 0.15) is 0 Å². The maximum absolute atomic E-state index is 12.3. The number of nitrogens with one attached hydrogen (secondary N) is 2. The maximum Gasteiger partial charge on any atom is 0.237 e. The van der Waals surface area contributed by atoms with Crippen LogP contribution in [-0.2, 0) is 4.79 Å². The van der Waals surface area contributed by atoms with Gasteiger partial charge in [-0.2, -0.15) is 0 Å². The zero-order valence-electron chi connectivity index (χ0n) is 12.7. The summed E-state index contributed by atoms with van der Waals surface area (Å²) in [7, 11) is 2.20. The third-order valence-electron chi connectivity index (χ3n) is 5.74. The first-order valence-corrected chi connectivity index (χ1v) is 8.47. The number of likely N-dealkylation sites (N-methyl/N-ethyl adjacent to an activating group) is 1. The van der Waals surface area contributed by atoms with E-state index < -0.39 is 0 Å². The summed E-state index contributed by atoms with van der Waals surface area (Å²) in [6.07, 6.45) is 9.26. The quantitative estimate of drug-likeness (QED) is 0.799. The molecule has 4 nitrogen and oxygen atoms in total. The van der Waals surface area contributed by atoms with Crippen LogP contribution < -0.4 is 10.6 Å². The predicted molar refractivity (Wildman–Crippen MR) is 80.5 cm³/mol. The minimum atomic E-state index is 0.0827. The van der Waals surface area contributed by atoms with Crippen molar-refractivity contribution in [3.8, 4) is 0 Å². The van der Waals surface area contributed by atoms with Crippen molar-refractivity contribution in [2.24, 2.45) is 11.8 Å². The van der Waals surface area contributed by atoms with Crippen molar-refractivity contribution in [2.45, 2.75) is 57.0 Å². The van der Waals surface area contributed by atoms with Gasteiger partial charge in [-0.05, 0) is 51.1 Å². The van der Waals surface area contributed by atoms with Crippen molar-refractivity contribution in [3.05, 3.63) is 0 Å². The molecule has 2 N–H and O–H groups in total. The summed E-state index contributed by atoms with van der Waals surface area (Å²) in [6.45, 7) is 2.82. The molecule has 3 fully saturated rings. The largest absolute Gasteiger partial charge is 0.353 e. The van der Waals surface area contributed by atoms with Crippen molar-refractivity contribution < 1.29 is 4.79 Å². The molecule has 3 atom stereocenters. The Labute approximate surface area is 122 Å². The number of carbonyl (C=O) groups excluding carboxylic acids is 1. The third-order valence-corrected chi connectivity index (χ3v) is 5.74. The lowest BCUT2D eigenvalue weighted by atomic mass is 9.94. The zero-order chi connectivity index (χ0) is 13.9. The number of rotatable bonds is 5. The monoisotopic (exact) mass is 279 g/mol. The third kappa shape index (κ3) is 3.01. The van der Waals surface area contributed by atoms with Gasteiger partial charge in [-0.25, -0.2) is 0 Å². The molecule has 1 amide bonds. The fraction of sp³-hybridized carbons (Fsp3) is 0.938. The minimum absolute atomic E-state index is 0.0827. The fourth-order valence-electron chi connectivity index (χ4n) is 4.47.